The smallest absolute Gasteiger partial charge is 0.228 e. The number of fused-ring (bicyclic) bond motifs is 1. The fourth-order valence-corrected chi connectivity index (χ4v) is 2.68. The molecule has 1 aliphatic heterocycles. The Balaban J connectivity index is 1.49. The standard InChI is InChI=1S/C17H21N3O5/c1-22-10-15-19-16(25-20-15)5-6-18-17(21)12-7-11-8-13(23-2)3-4-14(11)24-9-12/h3-4,8,12H,5-7,9-10H2,1-2H3,(H,18,21). The number of hydrogen-bond donors (Lipinski definition) is 1. The van der Waals surface area contributed by atoms with Crippen LogP contribution in [-0.4, -0.2) is 43.4 Å². The van der Waals surface area contributed by atoms with Crippen LogP contribution in [0.3, 0.4) is 0 Å². The molecule has 8 nitrogen and oxygen atoms in total. The van der Waals surface area contributed by atoms with Crippen molar-refractivity contribution >= 4 is 5.91 Å². The number of benzene rings is 1. The minimum Gasteiger partial charge on any atom is -0.497 e. The number of nitrogens with zero attached hydrogens (tertiary/aromatic N) is 2. The highest BCUT2D eigenvalue weighted by molar-refractivity contribution is 5.79. The van der Waals surface area contributed by atoms with Crippen LogP contribution in [-0.2, 0) is 29.0 Å². The molecule has 0 fully saturated rings. The van der Waals surface area contributed by atoms with Gasteiger partial charge >= 0.3 is 0 Å². The topological polar surface area (TPSA) is 95.7 Å². The maximum absolute atomic E-state index is 12.4. The molecule has 2 aromatic rings. The zero-order valence-corrected chi connectivity index (χ0v) is 14.3. The van der Waals surface area contributed by atoms with Crippen LogP contribution < -0.4 is 14.8 Å². The molecule has 1 aliphatic rings. The van der Waals surface area contributed by atoms with Crippen LogP contribution in [0.5, 0.6) is 11.5 Å². The fraction of sp³-hybridized carbons (Fsp3) is 0.471. The van der Waals surface area contributed by atoms with Crippen LogP contribution in [0.4, 0.5) is 0 Å². The van der Waals surface area contributed by atoms with Gasteiger partial charge in [-0.05, 0) is 30.2 Å². The molecule has 0 bridgehead atoms. The monoisotopic (exact) mass is 347 g/mol. The molecular formula is C17H21N3O5. The molecule has 0 spiro atoms. The van der Waals surface area contributed by atoms with Crippen molar-refractivity contribution in [3.05, 3.63) is 35.5 Å². The molecule has 8 heteroatoms. The van der Waals surface area contributed by atoms with Crippen molar-refractivity contribution < 1.29 is 23.5 Å². The van der Waals surface area contributed by atoms with Gasteiger partial charge in [-0.25, -0.2) is 0 Å². The predicted molar refractivity (Wildman–Crippen MR) is 87.4 cm³/mol. The van der Waals surface area contributed by atoms with Crippen molar-refractivity contribution in [2.75, 3.05) is 27.4 Å². The van der Waals surface area contributed by atoms with Crippen LogP contribution in [0.15, 0.2) is 22.7 Å². The van der Waals surface area contributed by atoms with Gasteiger partial charge in [-0.2, -0.15) is 4.98 Å². The second-order valence-electron chi connectivity index (χ2n) is 5.76. The Bertz CT molecular complexity index is 731. The molecule has 1 atom stereocenters. The first-order valence-electron chi connectivity index (χ1n) is 8.07. The first kappa shape index (κ1) is 17.2. The molecular weight excluding hydrogens is 326 g/mol. The van der Waals surface area contributed by atoms with Gasteiger partial charge in [0.25, 0.3) is 0 Å². The van der Waals surface area contributed by atoms with E-state index in [2.05, 4.69) is 15.5 Å². The number of aromatic nitrogens is 2. The van der Waals surface area contributed by atoms with Crippen LogP contribution >= 0.6 is 0 Å². The van der Waals surface area contributed by atoms with Crippen molar-refractivity contribution in [1.82, 2.24) is 15.5 Å². The maximum atomic E-state index is 12.4. The van der Waals surface area contributed by atoms with E-state index in [1.807, 2.05) is 18.2 Å². The molecule has 3 rings (SSSR count). The Morgan fingerprint density at radius 1 is 1.40 bits per heavy atom. The Hall–Kier alpha value is -2.61. The molecule has 1 unspecified atom stereocenters. The first-order chi connectivity index (χ1) is 12.2. The highest BCUT2D eigenvalue weighted by Gasteiger charge is 2.26. The Labute approximate surface area is 145 Å². The predicted octanol–water partition coefficient (Wildman–Crippen LogP) is 1.13. The lowest BCUT2D eigenvalue weighted by molar-refractivity contribution is -0.126. The number of rotatable bonds is 7. The summed E-state index contributed by atoms with van der Waals surface area (Å²) in [6.07, 6.45) is 1.09. The van der Waals surface area contributed by atoms with Crippen molar-refractivity contribution in [1.29, 1.82) is 0 Å². The average Bonchev–Trinajstić information content (AvgIpc) is 3.08. The summed E-state index contributed by atoms with van der Waals surface area (Å²) < 4.78 is 20.9. The summed E-state index contributed by atoms with van der Waals surface area (Å²) in [7, 11) is 3.18. The van der Waals surface area contributed by atoms with E-state index in [9.17, 15) is 4.79 Å². The summed E-state index contributed by atoms with van der Waals surface area (Å²) in [6.45, 7) is 1.09. The molecule has 0 saturated heterocycles. The van der Waals surface area contributed by atoms with Gasteiger partial charge in [-0.1, -0.05) is 5.16 Å². The van der Waals surface area contributed by atoms with Crippen LogP contribution in [0, 0.1) is 5.92 Å². The van der Waals surface area contributed by atoms with Gasteiger partial charge in [0, 0.05) is 20.1 Å². The lowest BCUT2D eigenvalue weighted by Gasteiger charge is -2.24. The number of hydrogen-bond acceptors (Lipinski definition) is 7. The van der Waals surface area contributed by atoms with Gasteiger partial charge in [0.1, 0.15) is 24.7 Å². The van der Waals surface area contributed by atoms with Gasteiger partial charge in [0.05, 0.1) is 13.0 Å². The van der Waals surface area contributed by atoms with Gasteiger partial charge < -0.3 is 24.1 Å². The number of ether oxygens (including phenoxy) is 3. The Morgan fingerprint density at radius 2 is 2.28 bits per heavy atom. The van der Waals surface area contributed by atoms with Crippen LogP contribution in [0.25, 0.3) is 0 Å². The number of methoxy groups -OCH3 is 2. The summed E-state index contributed by atoms with van der Waals surface area (Å²) in [5.41, 5.74) is 0.979. The van der Waals surface area contributed by atoms with E-state index in [1.165, 1.54) is 0 Å². The third-order valence-corrected chi connectivity index (χ3v) is 3.97. The normalized spacial score (nSPS) is 16.0. The highest BCUT2D eigenvalue weighted by atomic mass is 16.5. The van der Waals surface area contributed by atoms with E-state index in [4.69, 9.17) is 18.7 Å². The van der Waals surface area contributed by atoms with Gasteiger partial charge in [-0.15, -0.1) is 0 Å². The van der Waals surface area contributed by atoms with Crippen molar-refractivity contribution in [3.8, 4) is 11.5 Å². The molecule has 1 aromatic carbocycles. The van der Waals surface area contributed by atoms with Crippen LogP contribution in [0.1, 0.15) is 17.3 Å². The van der Waals surface area contributed by atoms with E-state index in [0.717, 1.165) is 17.1 Å². The summed E-state index contributed by atoms with van der Waals surface area (Å²) in [5.74, 6) is 2.25. The number of nitrogens with one attached hydrogen (secondary N) is 1. The Morgan fingerprint density at radius 3 is 3.08 bits per heavy atom. The van der Waals surface area contributed by atoms with Crippen molar-refractivity contribution in [2.24, 2.45) is 5.92 Å². The van der Waals surface area contributed by atoms with Crippen molar-refractivity contribution in [3.63, 3.8) is 0 Å². The van der Waals surface area contributed by atoms with Crippen LogP contribution in [0.2, 0.25) is 0 Å². The third-order valence-electron chi connectivity index (χ3n) is 3.97. The molecule has 0 saturated carbocycles. The summed E-state index contributed by atoms with van der Waals surface area (Å²) in [4.78, 5) is 16.5. The number of carbonyl (C=O) groups is 1. The summed E-state index contributed by atoms with van der Waals surface area (Å²) in [5, 5.41) is 6.67. The largest absolute Gasteiger partial charge is 0.497 e. The fourth-order valence-electron chi connectivity index (χ4n) is 2.68. The quantitative estimate of drug-likeness (QED) is 0.802. The number of carbonyl (C=O) groups excluding carboxylic acids is 1. The van der Waals surface area contributed by atoms with Gasteiger partial charge in [-0.3, -0.25) is 4.79 Å². The summed E-state index contributed by atoms with van der Waals surface area (Å²) in [6, 6.07) is 5.63. The first-order valence-corrected chi connectivity index (χ1v) is 8.07. The molecule has 2 heterocycles. The van der Waals surface area contributed by atoms with E-state index in [1.54, 1.807) is 14.2 Å². The van der Waals surface area contributed by atoms with Gasteiger partial charge in [0.2, 0.25) is 11.8 Å². The molecule has 1 N–H and O–H groups in total. The minimum atomic E-state index is -0.230. The zero-order valence-electron chi connectivity index (χ0n) is 14.3. The minimum absolute atomic E-state index is 0.0508. The molecule has 25 heavy (non-hydrogen) atoms. The highest BCUT2D eigenvalue weighted by Crippen LogP contribution is 2.30. The van der Waals surface area contributed by atoms with Crippen molar-refractivity contribution in [2.45, 2.75) is 19.4 Å². The molecule has 1 aromatic heterocycles. The van der Waals surface area contributed by atoms with E-state index >= 15 is 0 Å². The lowest BCUT2D eigenvalue weighted by Crippen LogP contribution is -2.38. The maximum Gasteiger partial charge on any atom is 0.228 e. The lowest BCUT2D eigenvalue weighted by atomic mass is 9.96. The van der Waals surface area contributed by atoms with E-state index < -0.39 is 0 Å². The average molecular weight is 347 g/mol. The Kier molecular flexibility index (Phi) is 5.49. The zero-order chi connectivity index (χ0) is 17.6. The summed E-state index contributed by atoms with van der Waals surface area (Å²) >= 11 is 0. The second kappa shape index (κ2) is 7.98. The molecule has 134 valence electrons. The van der Waals surface area contributed by atoms with E-state index in [0.29, 0.717) is 44.3 Å². The SMILES string of the molecule is COCc1noc(CCNC(=O)C2COc3ccc(OC)cc3C2)n1. The van der Waals surface area contributed by atoms with E-state index in [-0.39, 0.29) is 11.8 Å². The number of amides is 1. The molecule has 0 radical (unpaired) electrons. The molecule has 0 aliphatic carbocycles. The van der Waals surface area contributed by atoms with Gasteiger partial charge in [0.15, 0.2) is 5.82 Å². The third kappa shape index (κ3) is 4.27. The molecule has 1 amide bonds. The second-order valence-corrected chi connectivity index (χ2v) is 5.76.